The number of carboxylic acids is 1. The number of aromatic nitrogens is 2. The van der Waals surface area contributed by atoms with Crippen molar-refractivity contribution in [2.45, 2.75) is 45.1 Å². The topological polar surface area (TPSA) is 95.4 Å². The molecule has 1 amide bonds. The second-order valence-electron chi connectivity index (χ2n) is 8.42. The molecule has 1 aromatic heterocycles. The highest BCUT2D eigenvalue weighted by Gasteiger charge is 2.29. The van der Waals surface area contributed by atoms with Gasteiger partial charge in [0.1, 0.15) is 5.82 Å². The average Bonchev–Trinajstić information content (AvgIpc) is 3.57. The van der Waals surface area contributed by atoms with Crippen LogP contribution in [0.2, 0.25) is 0 Å². The molecule has 1 saturated carbocycles. The Morgan fingerprint density at radius 1 is 1.20 bits per heavy atom. The highest BCUT2D eigenvalue weighted by molar-refractivity contribution is 5.95. The van der Waals surface area contributed by atoms with Crippen molar-refractivity contribution in [2.24, 2.45) is 5.92 Å². The van der Waals surface area contributed by atoms with Crippen LogP contribution < -0.4 is 5.32 Å². The van der Waals surface area contributed by atoms with Crippen LogP contribution in [0.4, 0.5) is 0 Å². The van der Waals surface area contributed by atoms with Gasteiger partial charge in [-0.2, -0.15) is 0 Å². The molecule has 2 aliphatic rings. The van der Waals surface area contributed by atoms with Crippen LogP contribution in [0.15, 0.2) is 30.5 Å². The van der Waals surface area contributed by atoms with Crippen LogP contribution in [0.3, 0.4) is 0 Å². The summed E-state index contributed by atoms with van der Waals surface area (Å²) in [5.74, 6) is 0.634. The number of rotatable bonds is 7. The van der Waals surface area contributed by atoms with Crippen LogP contribution in [-0.2, 0) is 6.54 Å². The molecule has 2 aromatic rings. The number of nitrogens with one attached hydrogen (secondary N) is 1. The second-order valence-corrected chi connectivity index (χ2v) is 8.42. The highest BCUT2D eigenvalue weighted by Crippen LogP contribution is 2.33. The van der Waals surface area contributed by atoms with Crippen LogP contribution >= 0.6 is 0 Å². The highest BCUT2D eigenvalue weighted by atomic mass is 16.4. The van der Waals surface area contributed by atoms with Gasteiger partial charge in [0, 0.05) is 25.2 Å². The zero-order valence-corrected chi connectivity index (χ0v) is 17.3. The summed E-state index contributed by atoms with van der Waals surface area (Å²) < 4.78 is 0. The Morgan fingerprint density at radius 2 is 1.97 bits per heavy atom. The van der Waals surface area contributed by atoms with Crippen molar-refractivity contribution in [3.05, 3.63) is 58.7 Å². The molecule has 1 aliphatic heterocycles. The molecule has 2 N–H and O–H groups in total. The van der Waals surface area contributed by atoms with Gasteiger partial charge in [-0.3, -0.25) is 4.79 Å². The number of benzene rings is 1. The fourth-order valence-electron chi connectivity index (χ4n) is 4.12. The minimum absolute atomic E-state index is 0.207. The third kappa shape index (κ3) is 5.02. The molecule has 7 heteroatoms. The van der Waals surface area contributed by atoms with Crippen molar-refractivity contribution in [1.29, 1.82) is 0 Å². The molecule has 7 nitrogen and oxygen atoms in total. The lowest BCUT2D eigenvalue weighted by Gasteiger charge is -2.32. The Morgan fingerprint density at radius 3 is 2.67 bits per heavy atom. The van der Waals surface area contributed by atoms with Gasteiger partial charge in [0.2, 0.25) is 0 Å². The molecule has 0 atom stereocenters. The van der Waals surface area contributed by atoms with E-state index >= 15 is 0 Å². The van der Waals surface area contributed by atoms with E-state index in [1.807, 2.05) is 6.92 Å². The van der Waals surface area contributed by atoms with Crippen LogP contribution in [0.25, 0.3) is 0 Å². The van der Waals surface area contributed by atoms with E-state index in [2.05, 4.69) is 20.2 Å². The molecule has 1 aromatic carbocycles. The fourth-order valence-corrected chi connectivity index (χ4v) is 4.12. The fraction of sp³-hybridized carbons (Fsp3) is 0.478. The van der Waals surface area contributed by atoms with Crippen molar-refractivity contribution >= 4 is 11.9 Å². The Kier molecular flexibility index (Phi) is 6.08. The lowest BCUT2D eigenvalue weighted by atomic mass is 9.90. The number of piperidine rings is 1. The molecule has 0 bridgehead atoms. The van der Waals surface area contributed by atoms with E-state index in [4.69, 9.17) is 5.11 Å². The lowest BCUT2D eigenvalue weighted by molar-refractivity contribution is 0.0696. The maximum atomic E-state index is 12.9. The van der Waals surface area contributed by atoms with E-state index in [1.165, 1.54) is 25.5 Å². The molecule has 0 radical (unpaired) electrons. The predicted molar refractivity (Wildman–Crippen MR) is 112 cm³/mol. The lowest BCUT2D eigenvalue weighted by Crippen LogP contribution is -2.35. The normalized spacial score (nSPS) is 17.6. The van der Waals surface area contributed by atoms with Crippen molar-refractivity contribution < 1.29 is 14.7 Å². The first-order chi connectivity index (χ1) is 14.5. The molecule has 0 unspecified atom stereocenters. The van der Waals surface area contributed by atoms with Crippen LogP contribution in [0, 0.1) is 12.8 Å². The number of nitrogens with zero attached hydrogens (tertiary/aromatic N) is 3. The second kappa shape index (κ2) is 8.92. The number of hydrogen-bond acceptors (Lipinski definition) is 5. The molecule has 0 spiro atoms. The van der Waals surface area contributed by atoms with Crippen LogP contribution in [0.1, 0.15) is 69.4 Å². The van der Waals surface area contributed by atoms with E-state index < -0.39 is 5.97 Å². The van der Waals surface area contributed by atoms with Crippen LogP contribution in [0.5, 0.6) is 0 Å². The van der Waals surface area contributed by atoms with Gasteiger partial charge in [0.15, 0.2) is 0 Å². The van der Waals surface area contributed by atoms with Crippen molar-refractivity contribution in [2.75, 3.05) is 19.6 Å². The zero-order chi connectivity index (χ0) is 21.1. The van der Waals surface area contributed by atoms with Gasteiger partial charge < -0.3 is 15.3 Å². The van der Waals surface area contributed by atoms with E-state index in [0.29, 0.717) is 11.4 Å². The standard InChI is InChI=1S/C23H28N4O3/c1-15-24-13-20(22(28)25-12-17-3-2-4-19(11-17)23(29)30)21(26-15)18-7-9-27(10-8-18)14-16-5-6-16/h2-4,11,13,16,18H,5-10,12,14H2,1H3,(H,25,28)(H,29,30). The summed E-state index contributed by atoms with van der Waals surface area (Å²) >= 11 is 0. The van der Waals surface area contributed by atoms with Crippen molar-refractivity contribution in [3.8, 4) is 0 Å². The monoisotopic (exact) mass is 408 g/mol. The van der Waals surface area contributed by atoms with E-state index in [0.717, 1.165) is 43.1 Å². The van der Waals surface area contributed by atoms with Gasteiger partial charge in [0.25, 0.3) is 5.91 Å². The Labute approximate surface area is 176 Å². The summed E-state index contributed by atoms with van der Waals surface area (Å²) in [4.78, 5) is 35.5. The number of likely N-dealkylation sites (tertiary alicyclic amines) is 1. The number of amides is 1. The third-order valence-corrected chi connectivity index (χ3v) is 6.00. The summed E-state index contributed by atoms with van der Waals surface area (Å²) in [6.07, 6.45) is 6.36. The van der Waals surface area contributed by atoms with Gasteiger partial charge in [-0.25, -0.2) is 14.8 Å². The zero-order valence-electron chi connectivity index (χ0n) is 17.3. The predicted octanol–water partition coefficient (Wildman–Crippen LogP) is 3.00. The number of carbonyl (C=O) groups is 2. The molecule has 30 heavy (non-hydrogen) atoms. The number of aromatic carboxylic acids is 1. The van der Waals surface area contributed by atoms with Gasteiger partial charge in [-0.15, -0.1) is 0 Å². The SMILES string of the molecule is Cc1ncc(C(=O)NCc2cccc(C(=O)O)c2)c(C2CCN(CC3CC3)CC2)n1. The third-order valence-electron chi connectivity index (χ3n) is 6.00. The smallest absolute Gasteiger partial charge is 0.335 e. The first kappa shape index (κ1) is 20.5. The van der Waals surface area contributed by atoms with Crippen molar-refractivity contribution in [1.82, 2.24) is 20.2 Å². The first-order valence-corrected chi connectivity index (χ1v) is 10.7. The summed E-state index contributed by atoms with van der Waals surface area (Å²) in [6, 6.07) is 6.59. The number of carbonyl (C=O) groups excluding carboxylic acids is 1. The largest absolute Gasteiger partial charge is 0.478 e. The maximum Gasteiger partial charge on any atom is 0.335 e. The number of carboxylic acid groups (broad SMARTS) is 1. The Hall–Kier alpha value is -2.80. The minimum Gasteiger partial charge on any atom is -0.478 e. The van der Waals surface area contributed by atoms with Crippen molar-refractivity contribution in [3.63, 3.8) is 0 Å². The van der Waals surface area contributed by atoms with Gasteiger partial charge in [-0.05, 0) is 69.3 Å². The molecule has 1 aliphatic carbocycles. The van der Waals surface area contributed by atoms with Gasteiger partial charge in [-0.1, -0.05) is 12.1 Å². The molecule has 158 valence electrons. The number of hydrogen-bond donors (Lipinski definition) is 2. The summed E-state index contributed by atoms with van der Waals surface area (Å²) in [6.45, 7) is 5.41. The Bertz CT molecular complexity index is 934. The molecule has 2 fully saturated rings. The molecule has 1 saturated heterocycles. The molecular weight excluding hydrogens is 380 g/mol. The van der Waals surface area contributed by atoms with E-state index in [9.17, 15) is 9.59 Å². The van der Waals surface area contributed by atoms with Gasteiger partial charge in [0.05, 0.1) is 16.8 Å². The van der Waals surface area contributed by atoms with E-state index in [1.54, 1.807) is 24.4 Å². The van der Waals surface area contributed by atoms with E-state index in [-0.39, 0.29) is 23.9 Å². The summed E-state index contributed by atoms with van der Waals surface area (Å²) in [5.41, 5.74) is 2.31. The first-order valence-electron chi connectivity index (χ1n) is 10.7. The Balaban J connectivity index is 1.43. The summed E-state index contributed by atoms with van der Waals surface area (Å²) in [7, 11) is 0. The average molecular weight is 409 g/mol. The molecule has 2 heterocycles. The quantitative estimate of drug-likeness (QED) is 0.731. The summed E-state index contributed by atoms with van der Waals surface area (Å²) in [5, 5.41) is 12.0. The van der Waals surface area contributed by atoms with Gasteiger partial charge >= 0.3 is 5.97 Å². The molecular formula is C23H28N4O3. The minimum atomic E-state index is -0.981. The van der Waals surface area contributed by atoms with Crippen LogP contribution in [-0.4, -0.2) is 51.5 Å². The number of aryl methyl sites for hydroxylation is 1. The maximum absolute atomic E-state index is 12.9. The molecule has 4 rings (SSSR count).